The molecule has 0 saturated carbocycles. The Morgan fingerprint density at radius 3 is 2.31 bits per heavy atom. The third-order valence-electron chi connectivity index (χ3n) is 5.82. The smallest absolute Gasteiger partial charge is 0.339 e. The number of amides is 2. The van der Waals surface area contributed by atoms with Gasteiger partial charge in [0.05, 0.1) is 12.2 Å². The van der Waals surface area contributed by atoms with Crippen LogP contribution in [0.2, 0.25) is 0 Å². The molecule has 1 N–H and O–H groups in total. The Kier molecular flexibility index (Phi) is 9.52. The topological polar surface area (TPSA) is 94.2 Å². The van der Waals surface area contributed by atoms with Crippen LogP contribution in [-0.4, -0.2) is 55.1 Å². The summed E-state index contributed by atoms with van der Waals surface area (Å²) >= 11 is 0. The molecular formula is C27H34N2O6. The van der Waals surface area contributed by atoms with Gasteiger partial charge in [-0.05, 0) is 75.4 Å². The van der Waals surface area contributed by atoms with Crippen LogP contribution in [0.4, 0.5) is 5.69 Å². The van der Waals surface area contributed by atoms with E-state index in [1.807, 2.05) is 31.2 Å². The second kappa shape index (κ2) is 12.8. The number of nitrogens with one attached hydrogen (secondary N) is 1. The van der Waals surface area contributed by atoms with Gasteiger partial charge in [-0.15, -0.1) is 0 Å². The largest absolute Gasteiger partial charge is 0.490 e. The summed E-state index contributed by atoms with van der Waals surface area (Å²) in [5, 5.41) is 2.75. The molecule has 0 aromatic heterocycles. The molecule has 2 aromatic rings. The summed E-state index contributed by atoms with van der Waals surface area (Å²) in [4.78, 5) is 39.4. The van der Waals surface area contributed by atoms with Gasteiger partial charge in [0.15, 0.2) is 24.2 Å². The molecule has 8 nitrogen and oxygen atoms in total. The van der Waals surface area contributed by atoms with Gasteiger partial charge in [-0.1, -0.05) is 19.1 Å². The van der Waals surface area contributed by atoms with E-state index in [1.54, 1.807) is 11.0 Å². The molecule has 3 rings (SSSR count). The first-order valence-corrected chi connectivity index (χ1v) is 12.2. The minimum absolute atomic E-state index is 0.0696. The summed E-state index contributed by atoms with van der Waals surface area (Å²) in [5.74, 6) is -0.453. The molecule has 0 aliphatic carbocycles. The number of esters is 1. The number of rotatable bonds is 10. The molecule has 0 spiro atoms. The van der Waals surface area contributed by atoms with Crippen LogP contribution in [-0.2, 0) is 20.7 Å². The van der Waals surface area contributed by atoms with Crippen molar-refractivity contribution in [3.05, 3.63) is 53.6 Å². The molecule has 1 atom stereocenters. The van der Waals surface area contributed by atoms with Gasteiger partial charge in [0.25, 0.3) is 11.8 Å². The summed E-state index contributed by atoms with van der Waals surface area (Å²) in [7, 11) is 0. The van der Waals surface area contributed by atoms with E-state index in [2.05, 4.69) is 12.2 Å². The number of carbonyl (C=O) groups is 3. The third-order valence-corrected chi connectivity index (χ3v) is 5.82. The molecule has 1 fully saturated rings. The van der Waals surface area contributed by atoms with Crippen molar-refractivity contribution in [1.29, 1.82) is 0 Å². The number of ether oxygens (including phenoxy) is 3. The van der Waals surface area contributed by atoms with Crippen molar-refractivity contribution < 1.29 is 28.6 Å². The predicted octanol–water partition coefficient (Wildman–Crippen LogP) is 4.22. The normalized spacial score (nSPS) is 14.1. The molecule has 0 radical (unpaired) electrons. The number of likely N-dealkylation sites (tertiary alicyclic amines) is 1. The van der Waals surface area contributed by atoms with Crippen LogP contribution < -0.4 is 14.8 Å². The highest BCUT2D eigenvalue weighted by molar-refractivity contribution is 5.97. The van der Waals surface area contributed by atoms with E-state index in [9.17, 15) is 14.4 Å². The number of aryl methyl sites for hydroxylation is 1. The van der Waals surface area contributed by atoms with Crippen LogP contribution in [0.5, 0.6) is 11.5 Å². The Labute approximate surface area is 206 Å². The molecule has 1 heterocycles. The number of benzene rings is 2. The number of carbonyl (C=O) groups excluding carboxylic acids is 3. The number of hydrogen-bond donors (Lipinski definition) is 1. The monoisotopic (exact) mass is 482 g/mol. The third kappa shape index (κ3) is 7.47. The second-order valence-corrected chi connectivity index (χ2v) is 8.41. The van der Waals surface area contributed by atoms with Crippen LogP contribution in [0, 0.1) is 0 Å². The van der Waals surface area contributed by atoms with Gasteiger partial charge in [0.1, 0.15) is 0 Å². The zero-order valence-electron chi connectivity index (χ0n) is 20.7. The van der Waals surface area contributed by atoms with Crippen LogP contribution in [0.1, 0.15) is 56.0 Å². The highest BCUT2D eigenvalue weighted by Gasteiger charge is 2.22. The Hall–Kier alpha value is -3.55. The lowest BCUT2D eigenvalue weighted by atomic mass is 10.1. The lowest BCUT2D eigenvalue weighted by Crippen LogP contribution is -2.38. The van der Waals surface area contributed by atoms with Gasteiger partial charge in [0, 0.05) is 18.8 Å². The maximum Gasteiger partial charge on any atom is 0.339 e. The van der Waals surface area contributed by atoms with Crippen LogP contribution in [0.3, 0.4) is 0 Å². The van der Waals surface area contributed by atoms with E-state index >= 15 is 0 Å². The van der Waals surface area contributed by atoms with Gasteiger partial charge in [-0.3, -0.25) is 9.59 Å². The number of nitrogens with zero attached hydrogens (tertiary/aromatic N) is 1. The SMILES string of the molecule is CCOc1cc(C(=O)OC(C)C(=O)Nc2ccc(CC)cc2)ccc1OCC(=O)N1CCCCC1. The lowest BCUT2D eigenvalue weighted by Gasteiger charge is -2.26. The van der Waals surface area contributed by atoms with Gasteiger partial charge >= 0.3 is 5.97 Å². The van der Waals surface area contributed by atoms with E-state index < -0.39 is 18.0 Å². The average molecular weight is 483 g/mol. The second-order valence-electron chi connectivity index (χ2n) is 8.41. The van der Waals surface area contributed by atoms with Crippen molar-refractivity contribution in [3.8, 4) is 11.5 Å². The first kappa shape index (κ1) is 26.1. The minimum atomic E-state index is -0.998. The van der Waals surface area contributed by atoms with Crippen molar-refractivity contribution in [1.82, 2.24) is 4.90 Å². The highest BCUT2D eigenvalue weighted by Crippen LogP contribution is 2.29. The van der Waals surface area contributed by atoms with Gasteiger partial charge in [0.2, 0.25) is 0 Å². The molecular weight excluding hydrogens is 448 g/mol. The Morgan fingerprint density at radius 2 is 1.66 bits per heavy atom. The first-order chi connectivity index (χ1) is 16.9. The fourth-order valence-electron chi connectivity index (χ4n) is 3.75. The summed E-state index contributed by atoms with van der Waals surface area (Å²) in [6.07, 6.45) is 3.07. The highest BCUT2D eigenvalue weighted by atomic mass is 16.5. The van der Waals surface area contributed by atoms with E-state index in [4.69, 9.17) is 14.2 Å². The Morgan fingerprint density at radius 1 is 0.943 bits per heavy atom. The maximum atomic E-state index is 12.7. The molecule has 2 aromatic carbocycles. The molecule has 1 aliphatic heterocycles. The standard InChI is InChI=1S/C27H34N2O6/c1-4-20-9-12-22(13-10-20)28-26(31)19(3)35-27(32)21-11-14-23(24(17-21)33-5-2)34-18-25(30)29-15-7-6-8-16-29/h9-14,17,19H,4-8,15-16,18H2,1-3H3,(H,28,31). The van der Waals surface area contributed by atoms with Crippen molar-refractivity contribution in [2.45, 2.75) is 52.6 Å². The van der Waals surface area contributed by atoms with E-state index in [0.717, 1.165) is 44.3 Å². The Bertz CT molecular complexity index is 1010. The molecule has 2 amide bonds. The van der Waals surface area contributed by atoms with Gasteiger partial charge in [-0.2, -0.15) is 0 Å². The average Bonchev–Trinajstić information content (AvgIpc) is 2.88. The van der Waals surface area contributed by atoms with Crippen molar-refractivity contribution in [2.24, 2.45) is 0 Å². The maximum absolute atomic E-state index is 12.7. The summed E-state index contributed by atoms with van der Waals surface area (Å²) < 4.78 is 16.7. The summed E-state index contributed by atoms with van der Waals surface area (Å²) in [6.45, 7) is 7.14. The van der Waals surface area contributed by atoms with E-state index in [1.165, 1.54) is 19.1 Å². The molecule has 8 heteroatoms. The molecule has 0 bridgehead atoms. The van der Waals surface area contributed by atoms with Crippen molar-refractivity contribution in [3.63, 3.8) is 0 Å². The molecule has 188 valence electrons. The zero-order valence-corrected chi connectivity index (χ0v) is 20.7. The molecule has 1 saturated heterocycles. The van der Waals surface area contributed by atoms with Crippen LogP contribution in [0.25, 0.3) is 0 Å². The molecule has 1 aliphatic rings. The number of hydrogen-bond acceptors (Lipinski definition) is 6. The van der Waals surface area contributed by atoms with Crippen molar-refractivity contribution >= 4 is 23.5 Å². The first-order valence-electron chi connectivity index (χ1n) is 12.2. The predicted molar refractivity (Wildman–Crippen MR) is 133 cm³/mol. The van der Waals surface area contributed by atoms with E-state index in [-0.39, 0.29) is 18.1 Å². The zero-order chi connectivity index (χ0) is 25.2. The molecule has 35 heavy (non-hydrogen) atoms. The Balaban J connectivity index is 1.59. The molecule has 1 unspecified atom stereocenters. The van der Waals surface area contributed by atoms with Crippen molar-refractivity contribution in [2.75, 3.05) is 31.6 Å². The van der Waals surface area contributed by atoms with Gasteiger partial charge < -0.3 is 24.4 Å². The fourth-order valence-corrected chi connectivity index (χ4v) is 3.75. The van der Waals surface area contributed by atoms with E-state index in [0.29, 0.717) is 23.8 Å². The van der Waals surface area contributed by atoms with Crippen LogP contribution >= 0.6 is 0 Å². The minimum Gasteiger partial charge on any atom is -0.490 e. The summed E-state index contributed by atoms with van der Waals surface area (Å²) in [5.41, 5.74) is 2.01. The fraction of sp³-hybridized carbons (Fsp3) is 0.444. The quantitative estimate of drug-likeness (QED) is 0.510. The summed E-state index contributed by atoms with van der Waals surface area (Å²) in [6, 6.07) is 12.1. The number of piperidine rings is 1. The van der Waals surface area contributed by atoms with Crippen LogP contribution in [0.15, 0.2) is 42.5 Å². The lowest BCUT2D eigenvalue weighted by molar-refractivity contribution is -0.134. The van der Waals surface area contributed by atoms with Gasteiger partial charge in [-0.25, -0.2) is 4.79 Å². The number of anilines is 1.